The van der Waals surface area contributed by atoms with Gasteiger partial charge in [0.05, 0.1) is 25.3 Å². The number of ether oxygens (including phenoxy) is 2. The number of aliphatic hydroxyl groups is 4. The number of likely N-dealkylation sites (tertiary alicyclic amines) is 2. The van der Waals surface area contributed by atoms with Crippen LogP contribution < -0.4 is 15.4 Å². The maximum Gasteiger partial charge on any atom is 0.315 e. The van der Waals surface area contributed by atoms with Crippen molar-refractivity contribution in [3.05, 3.63) is 65.4 Å². The molecule has 5 atom stereocenters. The van der Waals surface area contributed by atoms with Crippen LogP contribution in [-0.2, 0) is 16.0 Å². The maximum absolute atomic E-state index is 12.8. The number of aryl methyl sites for hydroxylation is 1. The van der Waals surface area contributed by atoms with Crippen molar-refractivity contribution in [2.45, 2.75) is 89.9 Å². The molecule has 4 heterocycles. The van der Waals surface area contributed by atoms with Gasteiger partial charge in [-0.3, -0.25) is 4.79 Å². The van der Waals surface area contributed by atoms with Crippen LogP contribution in [0.4, 0.5) is 4.79 Å². The van der Waals surface area contributed by atoms with Gasteiger partial charge in [-0.2, -0.15) is 0 Å². The van der Waals surface area contributed by atoms with Crippen molar-refractivity contribution >= 4 is 22.8 Å². The predicted octanol–water partition coefficient (Wildman–Crippen LogP) is 2.94. The van der Waals surface area contributed by atoms with E-state index in [-0.39, 0.29) is 23.9 Å². The van der Waals surface area contributed by atoms with E-state index in [1.807, 2.05) is 62.2 Å². The molecular formula is C41H59N5O8. The van der Waals surface area contributed by atoms with E-state index < -0.39 is 37.3 Å². The van der Waals surface area contributed by atoms with Crippen molar-refractivity contribution in [3.8, 4) is 5.75 Å². The van der Waals surface area contributed by atoms with Crippen molar-refractivity contribution in [1.29, 1.82) is 0 Å². The zero-order chi connectivity index (χ0) is 38.4. The minimum Gasteiger partial charge on any atom is -0.494 e. The molecule has 296 valence electrons. The van der Waals surface area contributed by atoms with E-state index in [9.17, 15) is 30.0 Å². The molecule has 3 aliphatic heterocycles. The molecule has 0 unspecified atom stereocenters. The summed E-state index contributed by atoms with van der Waals surface area (Å²) < 4.78 is 13.8. The Morgan fingerprint density at radius 1 is 0.981 bits per heavy atom. The van der Waals surface area contributed by atoms with Crippen molar-refractivity contribution < 1.29 is 39.5 Å². The molecule has 0 bridgehead atoms. The van der Waals surface area contributed by atoms with Gasteiger partial charge in [0.1, 0.15) is 30.2 Å². The Hall–Kier alpha value is -3.72. The number of nitrogens with zero attached hydrogens (tertiary/aromatic N) is 3. The first-order chi connectivity index (χ1) is 26.0. The number of nitrogens with one attached hydrogen (secondary N) is 2. The molecule has 13 heteroatoms. The van der Waals surface area contributed by atoms with Gasteiger partial charge >= 0.3 is 6.03 Å². The van der Waals surface area contributed by atoms with Crippen LogP contribution in [0.1, 0.15) is 68.9 Å². The third-order valence-corrected chi connectivity index (χ3v) is 11.5. The number of carbonyl (C=O) groups excluding carboxylic acids is 2. The minimum atomic E-state index is -1.46. The second-order valence-electron chi connectivity index (χ2n) is 16.0. The molecule has 2 aromatic carbocycles. The highest BCUT2D eigenvalue weighted by atomic mass is 16.6. The van der Waals surface area contributed by atoms with Gasteiger partial charge in [-0.25, -0.2) is 4.79 Å². The average molecular weight is 750 g/mol. The number of fused-ring (bicyclic) bond motifs is 1. The summed E-state index contributed by atoms with van der Waals surface area (Å²) in [4.78, 5) is 29.2. The Morgan fingerprint density at radius 3 is 2.46 bits per heavy atom. The largest absolute Gasteiger partial charge is 0.494 e. The number of aromatic nitrogens is 1. The molecule has 1 spiro atoms. The lowest BCUT2D eigenvalue weighted by atomic mass is 9.72. The van der Waals surface area contributed by atoms with Gasteiger partial charge in [0.25, 0.3) is 0 Å². The van der Waals surface area contributed by atoms with Crippen LogP contribution in [0, 0.1) is 18.3 Å². The minimum absolute atomic E-state index is 0.0167. The highest BCUT2D eigenvalue weighted by Crippen LogP contribution is 2.40. The van der Waals surface area contributed by atoms with Gasteiger partial charge in [-0.1, -0.05) is 38.1 Å². The molecule has 1 aromatic heterocycles. The Balaban J connectivity index is 0.966. The lowest BCUT2D eigenvalue weighted by Crippen LogP contribution is -2.56. The Labute approximate surface area is 318 Å². The van der Waals surface area contributed by atoms with E-state index in [0.29, 0.717) is 25.5 Å². The van der Waals surface area contributed by atoms with Crippen molar-refractivity contribution in [1.82, 2.24) is 25.0 Å². The summed E-state index contributed by atoms with van der Waals surface area (Å²) in [5.41, 5.74) is 4.27. The summed E-state index contributed by atoms with van der Waals surface area (Å²) in [6.07, 6.45) is 1.60. The van der Waals surface area contributed by atoms with Crippen LogP contribution in [0.2, 0.25) is 0 Å². The van der Waals surface area contributed by atoms with Crippen molar-refractivity contribution in [2.24, 2.45) is 11.3 Å². The smallest absolute Gasteiger partial charge is 0.315 e. The summed E-state index contributed by atoms with van der Waals surface area (Å²) in [5, 5.41) is 47.9. The highest BCUT2D eigenvalue weighted by molar-refractivity contribution is 5.87. The fourth-order valence-corrected chi connectivity index (χ4v) is 8.41. The first kappa shape index (κ1) is 40.0. The number of carbonyl (C=O) groups is 2. The Bertz CT molecular complexity index is 1700. The lowest BCUT2D eigenvalue weighted by molar-refractivity contribution is -0.250. The van der Waals surface area contributed by atoms with E-state index in [4.69, 9.17) is 9.47 Å². The highest BCUT2D eigenvalue weighted by Gasteiger charge is 2.45. The number of hydrogen-bond acceptors (Lipinski definition) is 9. The average Bonchev–Trinajstić information content (AvgIpc) is 3.53. The first-order valence-electron chi connectivity index (χ1n) is 19.6. The van der Waals surface area contributed by atoms with Crippen LogP contribution in [0.5, 0.6) is 5.75 Å². The summed E-state index contributed by atoms with van der Waals surface area (Å²) in [7, 11) is 0. The molecule has 0 radical (unpaired) electrons. The molecule has 3 amide bonds. The summed E-state index contributed by atoms with van der Waals surface area (Å²) in [6.45, 7) is 11.4. The lowest BCUT2D eigenvalue weighted by Gasteiger charge is -2.47. The number of urea groups is 1. The van der Waals surface area contributed by atoms with E-state index >= 15 is 0 Å². The van der Waals surface area contributed by atoms with Gasteiger partial charge < -0.3 is 54.9 Å². The maximum atomic E-state index is 12.8. The molecular weight excluding hydrogens is 690 g/mol. The molecule has 54 heavy (non-hydrogen) atoms. The number of piperidine rings is 2. The third kappa shape index (κ3) is 9.38. The standard InChI is InChI=1S/C41H59N5O8/c1-27(2)22-42-40(52)43-23-34(48)45-18-14-41(15-19-45)13-5-16-44(26-41)17-6-20-53-31-11-9-29(10-12-31)21-30-24-46(32-8-4-7-28(3)35(30)32)39-38(51)37(50)36(49)33(25-47)54-39/h4,7-12,24,27,33,36-39,47,49-51H,5-6,13-23,25-26H2,1-3H3,(H2,42,43,52)/t33-,36-,37+,38-,39-/m1/s1. The van der Waals surface area contributed by atoms with Crippen LogP contribution in [0.25, 0.3) is 10.9 Å². The molecule has 3 saturated heterocycles. The second-order valence-corrected chi connectivity index (χ2v) is 16.0. The molecule has 3 aromatic rings. The number of hydrogen-bond donors (Lipinski definition) is 6. The van der Waals surface area contributed by atoms with Gasteiger partial charge in [-0.15, -0.1) is 0 Å². The van der Waals surface area contributed by atoms with E-state index in [1.54, 1.807) is 4.57 Å². The Morgan fingerprint density at radius 2 is 1.74 bits per heavy atom. The number of benzene rings is 2. The topological polar surface area (TPSA) is 169 Å². The molecule has 0 saturated carbocycles. The van der Waals surface area contributed by atoms with Crippen LogP contribution in [-0.4, -0.2) is 130 Å². The van der Waals surface area contributed by atoms with E-state index in [2.05, 4.69) is 27.7 Å². The SMILES string of the molecule is Cc1cccc2c1c(Cc1ccc(OCCCN3CCCC4(CCN(C(=O)CNC(=O)NCC(C)C)CC4)C3)cc1)cn2[C@@H]1O[C@H](CO)[C@@H](O)[C@H](O)[C@H]1O. The van der Waals surface area contributed by atoms with Crippen molar-refractivity contribution in [2.75, 3.05) is 59.0 Å². The molecule has 6 N–H and O–H groups in total. The van der Waals surface area contributed by atoms with Crippen LogP contribution in [0.15, 0.2) is 48.7 Å². The van der Waals surface area contributed by atoms with Crippen molar-refractivity contribution in [3.63, 3.8) is 0 Å². The molecule has 0 aliphatic carbocycles. The monoisotopic (exact) mass is 749 g/mol. The second kappa shape index (κ2) is 17.8. The molecule has 13 nitrogen and oxygen atoms in total. The van der Waals surface area contributed by atoms with Crippen LogP contribution in [0.3, 0.4) is 0 Å². The van der Waals surface area contributed by atoms with Crippen LogP contribution >= 0.6 is 0 Å². The number of aliphatic hydroxyl groups excluding tert-OH is 4. The molecule has 3 fully saturated rings. The quantitative estimate of drug-likeness (QED) is 0.144. The number of amides is 3. The Kier molecular flexibility index (Phi) is 13.2. The predicted molar refractivity (Wildman–Crippen MR) is 205 cm³/mol. The zero-order valence-electron chi connectivity index (χ0n) is 32.0. The van der Waals surface area contributed by atoms with E-state index in [0.717, 1.165) is 91.7 Å². The molecule has 3 aliphatic rings. The van der Waals surface area contributed by atoms with E-state index in [1.165, 1.54) is 6.42 Å². The normalized spacial score (nSPS) is 24.6. The fourth-order valence-electron chi connectivity index (χ4n) is 8.41. The van der Waals surface area contributed by atoms with Gasteiger partial charge in [0.2, 0.25) is 5.91 Å². The summed E-state index contributed by atoms with van der Waals surface area (Å²) in [6, 6.07) is 13.7. The number of rotatable bonds is 13. The van der Waals surface area contributed by atoms with Gasteiger partial charge in [-0.05, 0) is 98.2 Å². The summed E-state index contributed by atoms with van der Waals surface area (Å²) in [5.74, 6) is 1.16. The summed E-state index contributed by atoms with van der Waals surface area (Å²) >= 11 is 0. The van der Waals surface area contributed by atoms with Gasteiger partial charge in [0.15, 0.2) is 6.23 Å². The fraction of sp³-hybridized carbons (Fsp3) is 0.610. The zero-order valence-corrected chi connectivity index (χ0v) is 32.0. The first-order valence-corrected chi connectivity index (χ1v) is 19.6. The third-order valence-electron chi connectivity index (χ3n) is 11.5. The van der Waals surface area contributed by atoms with Gasteiger partial charge in [0, 0.05) is 44.3 Å². The molecule has 6 rings (SSSR count).